The smallest absolute Gasteiger partial charge is 0.0457 e. The van der Waals surface area contributed by atoms with Crippen LogP contribution >= 0.6 is 0 Å². The standard InChI is InChI=1S/C18H18N2/c1-20-11-14-7-8-17-15(9-10-19-17)18(14)16(12-20)13-5-3-2-4-6-13/h2-10,16,19H,11-12H2,1H3. The zero-order valence-electron chi connectivity index (χ0n) is 11.6. The summed E-state index contributed by atoms with van der Waals surface area (Å²) in [4.78, 5) is 5.75. The van der Waals surface area contributed by atoms with E-state index in [-0.39, 0.29) is 0 Å². The molecule has 1 aliphatic heterocycles. The number of aromatic amines is 1. The summed E-state index contributed by atoms with van der Waals surface area (Å²) < 4.78 is 0. The molecule has 0 spiro atoms. The molecule has 0 amide bonds. The van der Waals surface area contributed by atoms with Crippen LogP contribution in [0.4, 0.5) is 0 Å². The van der Waals surface area contributed by atoms with Crippen LogP contribution in [0.3, 0.4) is 0 Å². The molecule has 2 heterocycles. The minimum Gasteiger partial charge on any atom is -0.361 e. The Bertz CT molecular complexity index is 742. The molecule has 0 radical (unpaired) electrons. The molecule has 0 saturated carbocycles. The fourth-order valence-electron chi connectivity index (χ4n) is 3.47. The van der Waals surface area contributed by atoms with Crippen molar-refractivity contribution in [2.24, 2.45) is 0 Å². The van der Waals surface area contributed by atoms with Gasteiger partial charge in [0, 0.05) is 36.1 Å². The van der Waals surface area contributed by atoms with Crippen molar-refractivity contribution < 1.29 is 0 Å². The van der Waals surface area contributed by atoms with E-state index in [1.165, 1.54) is 27.6 Å². The van der Waals surface area contributed by atoms with Gasteiger partial charge in [-0.3, -0.25) is 0 Å². The predicted molar refractivity (Wildman–Crippen MR) is 82.9 cm³/mol. The molecule has 20 heavy (non-hydrogen) atoms. The maximum Gasteiger partial charge on any atom is 0.0457 e. The first kappa shape index (κ1) is 11.7. The van der Waals surface area contributed by atoms with Crippen molar-refractivity contribution in [3.05, 3.63) is 71.4 Å². The maximum atomic E-state index is 3.34. The Hall–Kier alpha value is -2.06. The van der Waals surface area contributed by atoms with Crippen molar-refractivity contribution >= 4 is 10.9 Å². The third-order valence-electron chi connectivity index (χ3n) is 4.35. The average Bonchev–Trinajstić information content (AvgIpc) is 2.95. The van der Waals surface area contributed by atoms with Crippen molar-refractivity contribution in [1.29, 1.82) is 0 Å². The lowest BCUT2D eigenvalue weighted by Gasteiger charge is -2.33. The van der Waals surface area contributed by atoms with Crippen LogP contribution in [0.25, 0.3) is 10.9 Å². The number of H-pyrrole nitrogens is 1. The van der Waals surface area contributed by atoms with Crippen LogP contribution in [0.1, 0.15) is 22.6 Å². The quantitative estimate of drug-likeness (QED) is 0.707. The highest BCUT2D eigenvalue weighted by atomic mass is 15.1. The van der Waals surface area contributed by atoms with Gasteiger partial charge >= 0.3 is 0 Å². The van der Waals surface area contributed by atoms with Crippen LogP contribution in [-0.2, 0) is 6.54 Å². The summed E-state index contributed by atoms with van der Waals surface area (Å²) in [6, 6.07) is 17.6. The number of nitrogens with one attached hydrogen (secondary N) is 1. The van der Waals surface area contributed by atoms with E-state index in [2.05, 4.69) is 65.5 Å². The number of rotatable bonds is 1. The zero-order valence-corrected chi connectivity index (χ0v) is 11.6. The normalized spacial score (nSPS) is 19.1. The Kier molecular flexibility index (Phi) is 2.64. The lowest BCUT2D eigenvalue weighted by Crippen LogP contribution is -2.31. The molecule has 1 unspecified atom stereocenters. The van der Waals surface area contributed by atoms with Gasteiger partial charge in [-0.1, -0.05) is 36.4 Å². The molecule has 100 valence electrons. The van der Waals surface area contributed by atoms with Crippen molar-refractivity contribution in [2.45, 2.75) is 12.5 Å². The highest BCUT2D eigenvalue weighted by Crippen LogP contribution is 2.37. The second kappa shape index (κ2) is 4.50. The Morgan fingerprint density at radius 1 is 1.05 bits per heavy atom. The summed E-state index contributed by atoms with van der Waals surface area (Å²) in [6.07, 6.45) is 2.05. The molecule has 1 atom stereocenters. The summed E-state index contributed by atoms with van der Waals surface area (Å²) in [5.41, 5.74) is 5.62. The fourth-order valence-corrected chi connectivity index (χ4v) is 3.47. The summed E-state index contributed by atoms with van der Waals surface area (Å²) in [5.74, 6) is 0.462. The summed E-state index contributed by atoms with van der Waals surface area (Å²) in [7, 11) is 2.21. The third-order valence-corrected chi connectivity index (χ3v) is 4.35. The van der Waals surface area contributed by atoms with Crippen LogP contribution in [0.2, 0.25) is 0 Å². The molecular formula is C18H18N2. The molecule has 2 nitrogen and oxygen atoms in total. The Morgan fingerprint density at radius 2 is 1.90 bits per heavy atom. The topological polar surface area (TPSA) is 19.0 Å². The van der Waals surface area contributed by atoms with Crippen LogP contribution in [0.15, 0.2) is 54.7 Å². The van der Waals surface area contributed by atoms with Crippen LogP contribution in [0, 0.1) is 0 Å². The Labute approximate surface area is 119 Å². The second-order valence-electron chi connectivity index (χ2n) is 5.74. The Balaban J connectivity index is 1.96. The van der Waals surface area contributed by atoms with E-state index in [0.717, 1.165) is 13.1 Å². The van der Waals surface area contributed by atoms with Gasteiger partial charge in [0.1, 0.15) is 0 Å². The lowest BCUT2D eigenvalue weighted by molar-refractivity contribution is 0.296. The number of aromatic nitrogens is 1. The van der Waals surface area contributed by atoms with Gasteiger partial charge in [0.25, 0.3) is 0 Å². The first-order chi connectivity index (χ1) is 9.83. The minimum absolute atomic E-state index is 0.462. The summed E-state index contributed by atoms with van der Waals surface area (Å²) >= 11 is 0. The SMILES string of the molecule is CN1Cc2ccc3[nH]ccc3c2C(c2ccccc2)C1. The van der Waals surface area contributed by atoms with Gasteiger partial charge in [-0.05, 0) is 35.9 Å². The number of nitrogens with zero attached hydrogens (tertiary/aromatic N) is 1. The van der Waals surface area contributed by atoms with Crippen LogP contribution < -0.4 is 0 Å². The maximum absolute atomic E-state index is 3.34. The molecular weight excluding hydrogens is 244 g/mol. The largest absolute Gasteiger partial charge is 0.361 e. The van der Waals surface area contributed by atoms with E-state index in [4.69, 9.17) is 0 Å². The predicted octanol–water partition coefficient (Wildman–Crippen LogP) is 3.75. The van der Waals surface area contributed by atoms with Gasteiger partial charge in [0.15, 0.2) is 0 Å². The second-order valence-corrected chi connectivity index (χ2v) is 5.74. The van der Waals surface area contributed by atoms with Crippen LogP contribution in [0.5, 0.6) is 0 Å². The molecule has 2 aromatic carbocycles. The van der Waals surface area contributed by atoms with Crippen molar-refractivity contribution in [3.63, 3.8) is 0 Å². The van der Waals surface area contributed by atoms with E-state index >= 15 is 0 Å². The van der Waals surface area contributed by atoms with Gasteiger partial charge in [-0.25, -0.2) is 0 Å². The molecule has 1 aromatic heterocycles. The number of hydrogen-bond acceptors (Lipinski definition) is 1. The van der Waals surface area contributed by atoms with E-state index in [0.29, 0.717) is 5.92 Å². The van der Waals surface area contributed by atoms with Gasteiger partial charge in [-0.2, -0.15) is 0 Å². The number of likely N-dealkylation sites (N-methyl/N-ethyl adjacent to an activating group) is 1. The molecule has 0 bridgehead atoms. The molecule has 0 fully saturated rings. The molecule has 4 rings (SSSR count). The highest BCUT2D eigenvalue weighted by molar-refractivity contribution is 5.85. The summed E-state index contributed by atoms with van der Waals surface area (Å²) in [5, 5.41) is 1.38. The van der Waals surface area contributed by atoms with Gasteiger partial charge in [-0.15, -0.1) is 0 Å². The van der Waals surface area contributed by atoms with Crippen molar-refractivity contribution in [2.75, 3.05) is 13.6 Å². The first-order valence-corrected chi connectivity index (χ1v) is 7.15. The Morgan fingerprint density at radius 3 is 2.75 bits per heavy atom. The molecule has 3 aromatic rings. The molecule has 1 aliphatic rings. The van der Waals surface area contributed by atoms with Crippen molar-refractivity contribution in [3.8, 4) is 0 Å². The van der Waals surface area contributed by atoms with Crippen molar-refractivity contribution in [1.82, 2.24) is 9.88 Å². The van der Waals surface area contributed by atoms with Gasteiger partial charge < -0.3 is 9.88 Å². The number of fused-ring (bicyclic) bond motifs is 3. The van der Waals surface area contributed by atoms with E-state index in [1.807, 2.05) is 6.20 Å². The third kappa shape index (κ3) is 1.76. The van der Waals surface area contributed by atoms with E-state index < -0.39 is 0 Å². The monoisotopic (exact) mass is 262 g/mol. The highest BCUT2D eigenvalue weighted by Gasteiger charge is 2.26. The van der Waals surface area contributed by atoms with E-state index in [9.17, 15) is 0 Å². The summed E-state index contributed by atoms with van der Waals surface area (Å²) in [6.45, 7) is 2.13. The minimum atomic E-state index is 0.462. The van der Waals surface area contributed by atoms with E-state index in [1.54, 1.807) is 0 Å². The first-order valence-electron chi connectivity index (χ1n) is 7.15. The van der Waals surface area contributed by atoms with Crippen LogP contribution in [-0.4, -0.2) is 23.5 Å². The average molecular weight is 262 g/mol. The lowest BCUT2D eigenvalue weighted by atomic mass is 9.83. The van der Waals surface area contributed by atoms with Gasteiger partial charge in [0.05, 0.1) is 0 Å². The molecule has 0 aliphatic carbocycles. The number of benzene rings is 2. The number of hydrogen-bond donors (Lipinski definition) is 1. The van der Waals surface area contributed by atoms with Gasteiger partial charge in [0.2, 0.25) is 0 Å². The molecule has 2 heteroatoms. The zero-order chi connectivity index (χ0) is 13.5. The molecule has 0 saturated heterocycles. The molecule has 1 N–H and O–H groups in total. The fraction of sp³-hybridized carbons (Fsp3) is 0.222.